The van der Waals surface area contributed by atoms with Crippen molar-refractivity contribution in [3.05, 3.63) is 72.4 Å². The van der Waals surface area contributed by atoms with E-state index in [1.165, 1.54) is 5.56 Å². The molecular formula is C23H27N5O. The van der Waals surface area contributed by atoms with Crippen LogP contribution in [0.3, 0.4) is 0 Å². The minimum Gasteiger partial charge on any atom is -0.338 e. The topological polar surface area (TPSA) is 53.4 Å². The van der Waals surface area contributed by atoms with Gasteiger partial charge < -0.3 is 10.2 Å². The summed E-state index contributed by atoms with van der Waals surface area (Å²) in [4.78, 5) is 16.3. The molecule has 0 atom stereocenters. The molecule has 4 rings (SSSR count). The third-order valence-corrected chi connectivity index (χ3v) is 5.24. The summed E-state index contributed by atoms with van der Waals surface area (Å²) in [5.41, 5.74) is 4.39. The molecule has 0 radical (unpaired) electrons. The fourth-order valence-corrected chi connectivity index (χ4v) is 3.69. The van der Waals surface area contributed by atoms with E-state index in [2.05, 4.69) is 40.7 Å². The highest BCUT2D eigenvalue weighted by molar-refractivity contribution is 5.74. The van der Waals surface area contributed by atoms with Gasteiger partial charge in [0.15, 0.2) is 0 Å². The van der Waals surface area contributed by atoms with Crippen molar-refractivity contribution in [2.45, 2.75) is 13.5 Å². The lowest BCUT2D eigenvalue weighted by molar-refractivity contribution is 0.135. The summed E-state index contributed by atoms with van der Waals surface area (Å²) in [6, 6.07) is 20.6. The normalized spacial score (nSPS) is 14.7. The zero-order valence-corrected chi connectivity index (χ0v) is 16.8. The van der Waals surface area contributed by atoms with Gasteiger partial charge in [-0.25, -0.2) is 9.48 Å². The number of aromatic nitrogens is 2. The Morgan fingerprint density at radius 2 is 1.62 bits per heavy atom. The number of rotatable bonds is 5. The SMILES string of the molecule is CCNC(=O)N1CCN(Cc2cn(-c3ccccc3)nc2-c2ccccc2)CC1. The number of nitrogens with zero attached hydrogens (tertiary/aromatic N) is 4. The van der Waals surface area contributed by atoms with Gasteiger partial charge in [0.05, 0.1) is 11.4 Å². The van der Waals surface area contributed by atoms with Crippen LogP contribution >= 0.6 is 0 Å². The van der Waals surface area contributed by atoms with Crippen LogP contribution < -0.4 is 5.32 Å². The van der Waals surface area contributed by atoms with Gasteiger partial charge >= 0.3 is 6.03 Å². The van der Waals surface area contributed by atoms with Gasteiger partial charge in [-0.2, -0.15) is 5.10 Å². The van der Waals surface area contributed by atoms with Crippen LogP contribution in [0.2, 0.25) is 0 Å². The number of piperazine rings is 1. The lowest BCUT2D eigenvalue weighted by atomic mass is 10.1. The summed E-state index contributed by atoms with van der Waals surface area (Å²) in [6.45, 7) is 6.66. The molecule has 29 heavy (non-hydrogen) atoms. The minimum absolute atomic E-state index is 0.0361. The molecule has 150 valence electrons. The number of hydrogen-bond donors (Lipinski definition) is 1. The second-order valence-corrected chi connectivity index (χ2v) is 7.25. The van der Waals surface area contributed by atoms with Gasteiger partial charge in [-0.15, -0.1) is 0 Å². The van der Waals surface area contributed by atoms with Crippen LogP contribution in [0.4, 0.5) is 4.79 Å². The Morgan fingerprint density at radius 1 is 0.966 bits per heavy atom. The Bertz CT molecular complexity index is 930. The van der Waals surface area contributed by atoms with Crippen LogP contribution in [0, 0.1) is 0 Å². The summed E-state index contributed by atoms with van der Waals surface area (Å²) in [5, 5.41) is 7.79. The molecule has 6 heteroatoms. The van der Waals surface area contributed by atoms with E-state index in [0.29, 0.717) is 6.54 Å². The molecule has 2 amide bonds. The van der Waals surface area contributed by atoms with E-state index < -0.39 is 0 Å². The van der Waals surface area contributed by atoms with Gasteiger partial charge in [0.1, 0.15) is 0 Å². The fraction of sp³-hybridized carbons (Fsp3) is 0.304. The average molecular weight is 390 g/mol. The smallest absolute Gasteiger partial charge is 0.317 e. The van der Waals surface area contributed by atoms with E-state index >= 15 is 0 Å². The molecule has 1 N–H and O–H groups in total. The Hall–Kier alpha value is -3.12. The van der Waals surface area contributed by atoms with E-state index in [4.69, 9.17) is 5.10 Å². The number of para-hydroxylation sites is 1. The maximum absolute atomic E-state index is 12.0. The molecule has 0 unspecified atom stereocenters. The molecule has 0 aliphatic carbocycles. The summed E-state index contributed by atoms with van der Waals surface area (Å²) in [7, 11) is 0. The molecule has 2 aromatic carbocycles. The van der Waals surface area contributed by atoms with E-state index in [1.54, 1.807) is 0 Å². The van der Waals surface area contributed by atoms with Crippen molar-refractivity contribution < 1.29 is 4.79 Å². The van der Waals surface area contributed by atoms with Crippen LogP contribution in [0.15, 0.2) is 66.9 Å². The Kier molecular flexibility index (Phi) is 5.91. The quantitative estimate of drug-likeness (QED) is 0.728. The van der Waals surface area contributed by atoms with Crippen molar-refractivity contribution in [3.8, 4) is 16.9 Å². The summed E-state index contributed by atoms with van der Waals surface area (Å²) in [5.74, 6) is 0. The minimum atomic E-state index is 0.0361. The van der Waals surface area contributed by atoms with Crippen molar-refractivity contribution in [1.82, 2.24) is 24.9 Å². The highest BCUT2D eigenvalue weighted by Crippen LogP contribution is 2.25. The highest BCUT2D eigenvalue weighted by Gasteiger charge is 2.22. The van der Waals surface area contributed by atoms with E-state index in [1.807, 2.05) is 52.9 Å². The average Bonchev–Trinajstić information content (AvgIpc) is 3.19. The van der Waals surface area contributed by atoms with Crippen molar-refractivity contribution in [3.63, 3.8) is 0 Å². The van der Waals surface area contributed by atoms with Gasteiger partial charge in [0.2, 0.25) is 0 Å². The standard InChI is InChI=1S/C23H27N5O/c1-2-24-23(29)27-15-13-26(14-16-27)17-20-18-28(21-11-7-4-8-12-21)25-22(20)19-9-5-3-6-10-19/h3-12,18H,2,13-17H2,1H3,(H,24,29). The maximum atomic E-state index is 12.0. The lowest BCUT2D eigenvalue weighted by Gasteiger charge is -2.34. The molecular weight excluding hydrogens is 362 g/mol. The highest BCUT2D eigenvalue weighted by atomic mass is 16.2. The van der Waals surface area contributed by atoms with Crippen LogP contribution in [0.5, 0.6) is 0 Å². The molecule has 2 heterocycles. The number of benzene rings is 2. The van der Waals surface area contributed by atoms with Crippen molar-refractivity contribution in [2.24, 2.45) is 0 Å². The number of amides is 2. The van der Waals surface area contributed by atoms with Crippen molar-refractivity contribution >= 4 is 6.03 Å². The first kappa shape index (κ1) is 19.2. The van der Waals surface area contributed by atoms with Crippen LogP contribution in [0.25, 0.3) is 16.9 Å². The molecule has 0 saturated carbocycles. The third-order valence-electron chi connectivity index (χ3n) is 5.24. The van der Waals surface area contributed by atoms with Crippen LogP contribution in [-0.2, 0) is 6.54 Å². The molecule has 1 aliphatic heterocycles. The van der Waals surface area contributed by atoms with Crippen LogP contribution in [0.1, 0.15) is 12.5 Å². The molecule has 1 aliphatic rings. The zero-order valence-electron chi connectivity index (χ0n) is 16.8. The molecule has 0 bridgehead atoms. The first-order valence-electron chi connectivity index (χ1n) is 10.2. The number of carbonyl (C=O) groups is 1. The fourth-order valence-electron chi connectivity index (χ4n) is 3.69. The second-order valence-electron chi connectivity index (χ2n) is 7.25. The summed E-state index contributed by atoms with van der Waals surface area (Å²) < 4.78 is 1.96. The molecule has 1 saturated heterocycles. The number of carbonyl (C=O) groups excluding carboxylic acids is 1. The monoisotopic (exact) mass is 389 g/mol. The Labute approximate surface area is 171 Å². The molecule has 1 aromatic heterocycles. The first-order valence-corrected chi connectivity index (χ1v) is 10.2. The van der Waals surface area contributed by atoms with Gasteiger partial charge in [-0.3, -0.25) is 4.90 Å². The third kappa shape index (κ3) is 4.49. The largest absolute Gasteiger partial charge is 0.338 e. The van der Waals surface area contributed by atoms with E-state index in [-0.39, 0.29) is 6.03 Å². The summed E-state index contributed by atoms with van der Waals surface area (Å²) >= 11 is 0. The molecule has 6 nitrogen and oxygen atoms in total. The molecule has 3 aromatic rings. The van der Waals surface area contributed by atoms with Gasteiger partial charge in [-0.1, -0.05) is 48.5 Å². The van der Waals surface area contributed by atoms with E-state index in [9.17, 15) is 4.79 Å². The van der Waals surface area contributed by atoms with Crippen molar-refractivity contribution in [2.75, 3.05) is 32.7 Å². The number of hydrogen-bond acceptors (Lipinski definition) is 3. The van der Waals surface area contributed by atoms with Gasteiger partial charge in [-0.05, 0) is 19.1 Å². The predicted octanol–water partition coefficient (Wildman–Crippen LogP) is 3.39. The molecule has 0 spiro atoms. The Balaban J connectivity index is 1.54. The zero-order chi connectivity index (χ0) is 20.1. The second kappa shape index (κ2) is 8.92. The first-order chi connectivity index (χ1) is 14.2. The number of urea groups is 1. The lowest BCUT2D eigenvalue weighted by Crippen LogP contribution is -2.51. The predicted molar refractivity (Wildman–Crippen MR) is 115 cm³/mol. The van der Waals surface area contributed by atoms with Crippen LogP contribution in [-0.4, -0.2) is 58.3 Å². The Morgan fingerprint density at radius 3 is 2.28 bits per heavy atom. The number of nitrogens with one attached hydrogen (secondary N) is 1. The van der Waals surface area contributed by atoms with Gasteiger partial charge in [0, 0.05) is 56.6 Å². The summed E-state index contributed by atoms with van der Waals surface area (Å²) in [6.07, 6.45) is 2.13. The maximum Gasteiger partial charge on any atom is 0.317 e. The van der Waals surface area contributed by atoms with E-state index in [0.717, 1.165) is 49.7 Å². The molecule has 1 fully saturated rings. The van der Waals surface area contributed by atoms with Gasteiger partial charge in [0.25, 0.3) is 0 Å². The van der Waals surface area contributed by atoms with Crippen molar-refractivity contribution in [1.29, 1.82) is 0 Å².